The number of carbonyl (C=O) groups is 1. The van der Waals surface area contributed by atoms with E-state index in [-0.39, 0.29) is 11.9 Å². The van der Waals surface area contributed by atoms with Crippen LogP contribution in [0.5, 0.6) is 0 Å². The van der Waals surface area contributed by atoms with Crippen molar-refractivity contribution in [3.63, 3.8) is 0 Å². The molecule has 92 valence electrons. The summed E-state index contributed by atoms with van der Waals surface area (Å²) in [4.78, 5) is 13.9. The number of nitrogens with one attached hydrogen (secondary N) is 1. The van der Waals surface area contributed by atoms with Crippen LogP contribution in [0, 0.1) is 6.92 Å². The zero-order chi connectivity index (χ0) is 11.8. The van der Waals surface area contributed by atoms with Gasteiger partial charge in [-0.3, -0.25) is 4.79 Å². The van der Waals surface area contributed by atoms with Crippen molar-refractivity contribution < 1.29 is 9.32 Å². The van der Waals surface area contributed by atoms with Gasteiger partial charge in [-0.2, -0.15) is 0 Å². The van der Waals surface area contributed by atoms with Gasteiger partial charge >= 0.3 is 0 Å². The Morgan fingerprint density at radius 2 is 2.35 bits per heavy atom. The molecule has 1 aromatic heterocycles. The number of amides is 1. The van der Waals surface area contributed by atoms with Gasteiger partial charge in [0.1, 0.15) is 0 Å². The minimum atomic E-state index is 0.0199. The maximum Gasteiger partial charge on any atom is 0.240 e. The monoisotopic (exact) mass is 235 g/mol. The predicted octanol–water partition coefficient (Wildman–Crippen LogP) is 0.836. The van der Waals surface area contributed by atoms with Crippen molar-refractivity contribution in [3.05, 3.63) is 17.5 Å². The first-order valence-corrected chi connectivity index (χ1v) is 6.19. The SMILES string of the molecule is Cc1cc(CN2CCC(NC3CC3)C2=O)on1. The molecule has 1 aliphatic heterocycles. The number of likely N-dealkylation sites (tertiary alicyclic amines) is 1. The third kappa shape index (κ3) is 2.34. The average Bonchev–Trinajstić information content (AvgIpc) is 2.94. The molecule has 2 aliphatic rings. The fraction of sp³-hybridized carbons (Fsp3) is 0.667. The lowest BCUT2D eigenvalue weighted by molar-refractivity contribution is -0.130. The van der Waals surface area contributed by atoms with Crippen molar-refractivity contribution in [1.29, 1.82) is 0 Å². The predicted molar refractivity (Wildman–Crippen MR) is 61.2 cm³/mol. The Kier molecular flexibility index (Phi) is 2.63. The molecule has 1 atom stereocenters. The van der Waals surface area contributed by atoms with Gasteiger partial charge in [0.2, 0.25) is 5.91 Å². The van der Waals surface area contributed by atoms with Crippen LogP contribution in [0.25, 0.3) is 0 Å². The lowest BCUT2D eigenvalue weighted by atomic mass is 10.2. The summed E-state index contributed by atoms with van der Waals surface area (Å²) in [6.07, 6.45) is 3.33. The first-order chi connectivity index (χ1) is 8.22. The van der Waals surface area contributed by atoms with Crippen LogP contribution in [-0.4, -0.2) is 34.6 Å². The number of hydrogen-bond donors (Lipinski definition) is 1. The van der Waals surface area contributed by atoms with Crippen LogP contribution in [0.2, 0.25) is 0 Å². The highest BCUT2D eigenvalue weighted by Gasteiger charge is 2.35. The Morgan fingerprint density at radius 3 is 3.00 bits per heavy atom. The molecule has 3 rings (SSSR count). The van der Waals surface area contributed by atoms with E-state index < -0.39 is 0 Å². The van der Waals surface area contributed by atoms with E-state index >= 15 is 0 Å². The first kappa shape index (κ1) is 10.8. The number of aromatic nitrogens is 1. The summed E-state index contributed by atoms with van der Waals surface area (Å²) < 4.78 is 5.14. The van der Waals surface area contributed by atoms with Gasteiger partial charge in [-0.1, -0.05) is 5.16 Å². The molecule has 1 saturated heterocycles. The number of nitrogens with zero attached hydrogens (tertiary/aromatic N) is 2. The minimum Gasteiger partial charge on any atom is -0.359 e. The molecule has 1 amide bonds. The standard InChI is InChI=1S/C12H17N3O2/c1-8-6-10(17-14-8)7-15-5-4-11(12(15)16)13-9-2-3-9/h6,9,11,13H,2-5,7H2,1H3. The van der Waals surface area contributed by atoms with Crippen molar-refractivity contribution in [3.8, 4) is 0 Å². The van der Waals surface area contributed by atoms with Crippen LogP contribution in [0.1, 0.15) is 30.7 Å². The third-order valence-electron chi connectivity index (χ3n) is 3.34. The van der Waals surface area contributed by atoms with Crippen molar-refractivity contribution in [2.45, 2.75) is 44.8 Å². The molecular formula is C12H17N3O2. The van der Waals surface area contributed by atoms with E-state index in [4.69, 9.17) is 4.52 Å². The van der Waals surface area contributed by atoms with Crippen LogP contribution in [0.15, 0.2) is 10.6 Å². The molecular weight excluding hydrogens is 218 g/mol. The second-order valence-electron chi connectivity index (χ2n) is 4.98. The van der Waals surface area contributed by atoms with Gasteiger partial charge in [0, 0.05) is 18.7 Å². The third-order valence-corrected chi connectivity index (χ3v) is 3.34. The largest absolute Gasteiger partial charge is 0.359 e. The molecule has 17 heavy (non-hydrogen) atoms. The van der Waals surface area contributed by atoms with Crippen molar-refractivity contribution >= 4 is 5.91 Å². The van der Waals surface area contributed by atoms with Gasteiger partial charge in [0.05, 0.1) is 18.3 Å². The van der Waals surface area contributed by atoms with E-state index in [2.05, 4.69) is 10.5 Å². The van der Waals surface area contributed by atoms with Crippen molar-refractivity contribution in [2.24, 2.45) is 0 Å². The zero-order valence-corrected chi connectivity index (χ0v) is 9.98. The smallest absolute Gasteiger partial charge is 0.240 e. The molecule has 5 heteroatoms. The lowest BCUT2D eigenvalue weighted by Crippen LogP contribution is -2.39. The lowest BCUT2D eigenvalue weighted by Gasteiger charge is -2.15. The second-order valence-corrected chi connectivity index (χ2v) is 4.98. The fourth-order valence-corrected chi connectivity index (χ4v) is 2.26. The van der Waals surface area contributed by atoms with E-state index in [1.165, 1.54) is 12.8 Å². The summed E-state index contributed by atoms with van der Waals surface area (Å²) in [5.74, 6) is 0.967. The number of hydrogen-bond acceptors (Lipinski definition) is 4. The Balaban J connectivity index is 1.59. The highest BCUT2D eigenvalue weighted by Crippen LogP contribution is 2.23. The molecule has 0 spiro atoms. The summed E-state index contributed by atoms with van der Waals surface area (Å²) in [5, 5.41) is 7.22. The van der Waals surface area contributed by atoms with Crippen LogP contribution < -0.4 is 5.32 Å². The topological polar surface area (TPSA) is 58.4 Å². The van der Waals surface area contributed by atoms with E-state index in [9.17, 15) is 4.79 Å². The molecule has 1 aliphatic carbocycles. The Bertz CT molecular complexity index is 425. The maximum absolute atomic E-state index is 12.1. The molecule has 5 nitrogen and oxygen atoms in total. The number of aryl methyl sites for hydroxylation is 1. The molecule has 1 N–H and O–H groups in total. The van der Waals surface area contributed by atoms with E-state index in [0.717, 1.165) is 24.4 Å². The average molecular weight is 235 g/mol. The van der Waals surface area contributed by atoms with Gasteiger partial charge in [-0.15, -0.1) is 0 Å². The van der Waals surface area contributed by atoms with Gasteiger partial charge < -0.3 is 14.7 Å². The highest BCUT2D eigenvalue weighted by atomic mass is 16.5. The zero-order valence-electron chi connectivity index (χ0n) is 9.98. The maximum atomic E-state index is 12.1. The van der Waals surface area contributed by atoms with Crippen LogP contribution in [0.4, 0.5) is 0 Å². The van der Waals surface area contributed by atoms with Crippen LogP contribution in [-0.2, 0) is 11.3 Å². The van der Waals surface area contributed by atoms with Gasteiger partial charge in [-0.25, -0.2) is 0 Å². The van der Waals surface area contributed by atoms with E-state index in [1.807, 2.05) is 17.9 Å². The van der Waals surface area contributed by atoms with Gasteiger partial charge in [-0.05, 0) is 26.2 Å². The molecule has 2 heterocycles. The molecule has 0 radical (unpaired) electrons. The molecule has 1 saturated carbocycles. The summed E-state index contributed by atoms with van der Waals surface area (Å²) in [6.45, 7) is 3.24. The summed E-state index contributed by atoms with van der Waals surface area (Å²) in [6, 6.07) is 2.48. The van der Waals surface area contributed by atoms with Crippen molar-refractivity contribution in [2.75, 3.05) is 6.54 Å². The quantitative estimate of drug-likeness (QED) is 0.840. The Morgan fingerprint density at radius 1 is 1.53 bits per heavy atom. The minimum absolute atomic E-state index is 0.0199. The second kappa shape index (κ2) is 4.14. The fourth-order valence-electron chi connectivity index (χ4n) is 2.26. The van der Waals surface area contributed by atoms with E-state index in [0.29, 0.717) is 12.6 Å². The van der Waals surface area contributed by atoms with E-state index in [1.54, 1.807) is 0 Å². The molecule has 0 aromatic carbocycles. The van der Waals surface area contributed by atoms with Gasteiger partial charge in [0.25, 0.3) is 0 Å². The summed E-state index contributed by atoms with van der Waals surface area (Å²) in [5.41, 5.74) is 0.860. The molecule has 2 fully saturated rings. The molecule has 0 bridgehead atoms. The normalized spacial score (nSPS) is 24.6. The van der Waals surface area contributed by atoms with Crippen molar-refractivity contribution in [1.82, 2.24) is 15.4 Å². The summed E-state index contributed by atoms with van der Waals surface area (Å²) in [7, 11) is 0. The van der Waals surface area contributed by atoms with Crippen LogP contribution >= 0.6 is 0 Å². The van der Waals surface area contributed by atoms with Gasteiger partial charge in [0.15, 0.2) is 5.76 Å². The Labute approximate surface area is 100 Å². The highest BCUT2D eigenvalue weighted by molar-refractivity contribution is 5.84. The molecule has 1 aromatic rings. The molecule has 1 unspecified atom stereocenters. The Hall–Kier alpha value is -1.36. The summed E-state index contributed by atoms with van der Waals surface area (Å²) >= 11 is 0. The number of carbonyl (C=O) groups excluding carboxylic acids is 1. The first-order valence-electron chi connectivity index (χ1n) is 6.19. The van der Waals surface area contributed by atoms with Crippen LogP contribution in [0.3, 0.4) is 0 Å². The number of rotatable bonds is 4.